The number of ether oxygens (including phenoxy) is 1. The highest BCUT2D eigenvalue weighted by atomic mass is 16.5. The van der Waals surface area contributed by atoms with E-state index < -0.39 is 23.5 Å². The Labute approximate surface area is 180 Å². The number of Topliss-reactive ketones (excluding diaryl/α,β-unsaturated/α-hetero) is 1. The number of hydrogen-bond acceptors (Lipinski definition) is 6. The highest BCUT2D eigenvalue weighted by Crippen LogP contribution is 2.42. The highest BCUT2D eigenvalue weighted by molar-refractivity contribution is 6.16. The Bertz CT molecular complexity index is 1140. The Hall–Kier alpha value is -3.58. The molecule has 1 aliphatic rings. The Balaban J connectivity index is 1.82. The van der Waals surface area contributed by atoms with Crippen LogP contribution in [0.3, 0.4) is 0 Å². The second-order valence-corrected chi connectivity index (χ2v) is 7.69. The Morgan fingerprint density at radius 3 is 2.58 bits per heavy atom. The van der Waals surface area contributed by atoms with Gasteiger partial charge in [0.25, 0.3) is 5.91 Å². The second kappa shape index (κ2) is 8.28. The minimum atomic E-state index is -0.788. The second-order valence-electron chi connectivity index (χ2n) is 7.69. The number of carbonyl (C=O) groups excluding carboxylic acids is 2. The van der Waals surface area contributed by atoms with E-state index in [0.29, 0.717) is 30.0 Å². The van der Waals surface area contributed by atoms with Crippen LogP contribution in [0.4, 0.5) is 0 Å². The quantitative estimate of drug-likeness (QED) is 0.589. The third-order valence-corrected chi connectivity index (χ3v) is 5.42. The lowest BCUT2D eigenvalue weighted by Gasteiger charge is -2.28. The van der Waals surface area contributed by atoms with E-state index in [1.165, 1.54) is 12.0 Å². The van der Waals surface area contributed by atoms with Gasteiger partial charge < -0.3 is 24.1 Å². The van der Waals surface area contributed by atoms with Gasteiger partial charge in [0.1, 0.15) is 11.3 Å². The van der Waals surface area contributed by atoms with E-state index in [4.69, 9.17) is 9.15 Å². The summed E-state index contributed by atoms with van der Waals surface area (Å²) in [7, 11) is 5.32. The van der Waals surface area contributed by atoms with Crippen molar-refractivity contribution in [1.82, 2.24) is 9.80 Å². The molecule has 0 fully saturated rings. The number of hydrogen-bond donors (Lipinski definition) is 1. The van der Waals surface area contributed by atoms with E-state index in [1.54, 1.807) is 24.3 Å². The number of nitrogens with zero attached hydrogens (tertiary/aromatic N) is 2. The average molecular weight is 420 g/mol. The van der Waals surface area contributed by atoms with Gasteiger partial charge in [-0.05, 0) is 32.3 Å². The lowest BCUT2D eigenvalue weighted by Crippen LogP contribution is -2.36. The predicted octanol–water partition coefficient (Wildman–Crippen LogP) is 3.58. The van der Waals surface area contributed by atoms with Crippen LogP contribution in [0.5, 0.6) is 5.75 Å². The smallest absolute Gasteiger partial charge is 0.290 e. The zero-order valence-electron chi connectivity index (χ0n) is 17.7. The molecule has 7 heteroatoms. The molecule has 0 saturated heterocycles. The number of fused-ring (bicyclic) bond motifs is 1. The summed E-state index contributed by atoms with van der Waals surface area (Å²) in [5, 5.41) is 11.5. The van der Waals surface area contributed by atoms with Crippen LogP contribution >= 0.6 is 0 Å². The third-order valence-electron chi connectivity index (χ3n) is 5.42. The van der Waals surface area contributed by atoms with Gasteiger partial charge in [-0.2, -0.15) is 0 Å². The van der Waals surface area contributed by atoms with Crippen molar-refractivity contribution in [2.24, 2.45) is 0 Å². The van der Waals surface area contributed by atoms with Crippen molar-refractivity contribution in [1.29, 1.82) is 0 Å². The van der Waals surface area contributed by atoms with Crippen molar-refractivity contribution < 1.29 is 23.8 Å². The minimum Gasteiger partial charge on any atom is -0.503 e. The summed E-state index contributed by atoms with van der Waals surface area (Å²) >= 11 is 0. The van der Waals surface area contributed by atoms with E-state index in [-0.39, 0.29) is 11.3 Å². The van der Waals surface area contributed by atoms with Crippen molar-refractivity contribution in [3.05, 3.63) is 77.3 Å². The fraction of sp³-hybridized carbons (Fsp3) is 0.250. The van der Waals surface area contributed by atoms with Crippen LogP contribution in [0.25, 0.3) is 11.0 Å². The van der Waals surface area contributed by atoms with Crippen molar-refractivity contribution in [2.45, 2.75) is 6.04 Å². The molecule has 31 heavy (non-hydrogen) atoms. The first kappa shape index (κ1) is 20.7. The summed E-state index contributed by atoms with van der Waals surface area (Å²) in [6, 6.07) is 15.3. The molecule has 0 bridgehead atoms. The standard InChI is InChI=1S/C24H24N2O5/c1-25(2)12-13-26-21(16-9-5-7-11-18(16)30-3)20(23(28)24(26)29)22(27)19-14-15-8-4-6-10-17(15)31-19/h4-11,14,21,28H,12-13H2,1-3H3/t21-/m0/s1. The van der Waals surface area contributed by atoms with Crippen LogP contribution in [0.2, 0.25) is 0 Å². The lowest BCUT2D eigenvalue weighted by molar-refractivity contribution is -0.129. The largest absolute Gasteiger partial charge is 0.503 e. The van der Waals surface area contributed by atoms with Gasteiger partial charge >= 0.3 is 0 Å². The lowest BCUT2D eigenvalue weighted by atomic mass is 9.94. The Morgan fingerprint density at radius 2 is 1.87 bits per heavy atom. The van der Waals surface area contributed by atoms with E-state index in [2.05, 4.69) is 0 Å². The number of carbonyl (C=O) groups is 2. The molecule has 1 amide bonds. The molecule has 1 aromatic heterocycles. The summed E-state index contributed by atoms with van der Waals surface area (Å²) < 4.78 is 11.2. The summed E-state index contributed by atoms with van der Waals surface area (Å²) in [4.78, 5) is 29.9. The van der Waals surface area contributed by atoms with Crippen molar-refractivity contribution in [3.8, 4) is 5.75 Å². The molecule has 160 valence electrons. The molecule has 0 aliphatic carbocycles. The first-order valence-corrected chi connectivity index (χ1v) is 9.97. The molecule has 4 rings (SSSR count). The SMILES string of the molecule is COc1ccccc1[C@H]1C(C(=O)c2cc3ccccc3o2)=C(O)C(=O)N1CCN(C)C. The molecule has 2 aromatic carbocycles. The summed E-state index contributed by atoms with van der Waals surface area (Å²) in [6.45, 7) is 0.895. The third kappa shape index (κ3) is 3.68. The zero-order valence-corrected chi connectivity index (χ0v) is 17.7. The average Bonchev–Trinajstić information content (AvgIpc) is 3.31. The van der Waals surface area contributed by atoms with Gasteiger partial charge in [0.15, 0.2) is 11.5 Å². The molecule has 0 unspecified atom stereocenters. The summed E-state index contributed by atoms with van der Waals surface area (Å²) in [5.41, 5.74) is 1.18. The number of ketones is 1. The molecular formula is C24H24N2O5. The Kier molecular flexibility index (Phi) is 5.52. The van der Waals surface area contributed by atoms with Crippen molar-refractivity contribution >= 4 is 22.7 Å². The van der Waals surface area contributed by atoms with Crippen LogP contribution in [0.15, 0.2) is 70.3 Å². The first-order chi connectivity index (χ1) is 14.9. The van der Waals surface area contributed by atoms with E-state index in [1.807, 2.05) is 49.3 Å². The fourth-order valence-corrected chi connectivity index (χ4v) is 3.87. The molecule has 0 saturated carbocycles. The van der Waals surface area contributed by atoms with Crippen LogP contribution in [-0.4, -0.2) is 60.9 Å². The number of aliphatic hydroxyl groups excluding tert-OH is 1. The molecule has 1 N–H and O–H groups in total. The van der Waals surface area contributed by atoms with Gasteiger partial charge in [-0.15, -0.1) is 0 Å². The number of benzene rings is 2. The predicted molar refractivity (Wildman–Crippen MR) is 116 cm³/mol. The number of methoxy groups -OCH3 is 1. The maximum atomic E-state index is 13.5. The number of aliphatic hydroxyl groups is 1. The summed E-state index contributed by atoms with van der Waals surface area (Å²) in [5.74, 6) is -1.06. The molecule has 3 aromatic rings. The van der Waals surface area contributed by atoms with Gasteiger partial charge in [-0.3, -0.25) is 9.59 Å². The number of rotatable bonds is 7. The first-order valence-electron chi connectivity index (χ1n) is 9.97. The van der Waals surface area contributed by atoms with Gasteiger partial charge in [-0.1, -0.05) is 36.4 Å². The van der Waals surface area contributed by atoms with Crippen molar-refractivity contribution in [2.75, 3.05) is 34.3 Å². The fourth-order valence-electron chi connectivity index (χ4n) is 3.87. The van der Waals surface area contributed by atoms with Gasteiger partial charge in [0.05, 0.1) is 18.7 Å². The van der Waals surface area contributed by atoms with E-state index >= 15 is 0 Å². The maximum absolute atomic E-state index is 13.5. The van der Waals surface area contributed by atoms with E-state index in [9.17, 15) is 14.7 Å². The number of likely N-dealkylation sites (N-methyl/N-ethyl adjacent to an activating group) is 1. The van der Waals surface area contributed by atoms with Crippen molar-refractivity contribution in [3.63, 3.8) is 0 Å². The van der Waals surface area contributed by atoms with Crippen LogP contribution < -0.4 is 4.74 Å². The van der Waals surface area contributed by atoms with E-state index in [0.717, 1.165) is 5.39 Å². The molecule has 0 spiro atoms. The summed E-state index contributed by atoms with van der Waals surface area (Å²) in [6.07, 6.45) is 0. The van der Waals surface area contributed by atoms with Crippen LogP contribution in [-0.2, 0) is 4.79 Å². The van der Waals surface area contributed by atoms with Crippen LogP contribution in [0.1, 0.15) is 22.2 Å². The molecule has 1 atom stereocenters. The molecule has 2 heterocycles. The molecular weight excluding hydrogens is 396 g/mol. The molecule has 0 radical (unpaired) electrons. The monoisotopic (exact) mass is 420 g/mol. The number of furan rings is 1. The maximum Gasteiger partial charge on any atom is 0.290 e. The van der Waals surface area contributed by atoms with Crippen LogP contribution in [0, 0.1) is 0 Å². The molecule has 7 nitrogen and oxygen atoms in total. The number of para-hydroxylation sites is 2. The number of amides is 1. The highest BCUT2D eigenvalue weighted by Gasteiger charge is 2.45. The topological polar surface area (TPSA) is 83.2 Å². The minimum absolute atomic E-state index is 0.00712. The van der Waals surface area contributed by atoms with Gasteiger partial charge in [0.2, 0.25) is 5.78 Å². The van der Waals surface area contributed by atoms with Gasteiger partial charge in [-0.25, -0.2) is 0 Å². The normalized spacial score (nSPS) is 16.6. The van der Waals surface area contributed by atoms with Gasteiger partial charge in [0, 0.05) is 24.0 Å². The molecule has 1 aliphatic heterocycles. The zero-order chi connectivity index (χ0) is 22.1. The Morgan fingerprint density at radius 1 is 1.16 bits per heavy atom.